The molecule has 0 aromatic heterocycles. The van der Waals surface area contributed by atoms with Crippen LogP contribution >= 0.6 is 0 Å². The molecule has 5 rings (SSSR count). The number of amides is 1. The number of carbonyl (C=O) groups is 2. The molecule has 35 heavy (non-hydrogen) atoms. The first kappa shape index (κ1) is 22.9. The van der Waals surface area contributed by atoms with Gasteiger partial charge in [-0.1, -0.05) is 68.4 Å². The number of nitrogens with zero attached hydrogens (tertiary/aromatic N) is 1. The quantitative estimate of drug-likeness (QED) is 0.481. The van der Waals surface area contributed by atoms with Gasteiger partial charge in [0.1, 0.15) is 12.4 Å². The first-order chi connectivity index (χ1) is 16.8. The van der Waals surface area contributed by atoms with Crippen LogP contribution in [0.1, 0.15) is 50.8 Å². The zero-order chi connectivity index (χ0) is 24.6. The molecule has 0 saturated carbocycles. The molecule has 1 aliphatic heterocycles. The van der Waals surface area contributed by atoms with Crippen LogP contribution < -0.4 is 15.0 Å². The van der Waals surface area contributed by atoms with E-state index in [2.05, 4.69) is 19.2 Å². The maximum absolute atomic E-state index is 13.6. The molecule has 1 amide bonds. The van der Waals surface area contributed by atoms with Crippen molar-refractivity contribution in [1.82, 2.24) is 0 Å². The largest absolute Gasteiger partial charge is 0.489 e. The van der Waals surface area contributed by atoms with Crippen molar-refractivity contribution in [3.8, 4) is 5.75 Å². The predicted molar refractivity (Wildman–Crippen MR) is 138 cm³/mol. The van der Waals surface area contributed by atoms with Crippen LogP contribution in [0.25, 0.3) is 0 Å². The van der Waals surface area contributed by atoms with E-state index >= 15 is 0 Å². The second kappa shape index (κ2) is 9.06. The van der Waals surface area contributed by atoms with Gasteiger partial charge in [-0.15, -0.1) is 0 Å². The molecule has 0 fully saturated rings. The fourth-order valence-corrected chi connectivity index (χ4v) is 5.14. The van der Waals surface area contributed by atoms with E-state index in [1.165, 1.54) is 0 Å². The van der Waals surface area contributed by atoms with E-state index in [0.717, 1.165) is 40.4 Å². The highest BCUT2D eigenvalue weighted by molar-refractivity contribution is 6.05. The third-order valence-corrected chi connectivity index (χ3v) is 6.68. The van der Waals surface area contributed by atoms with E-state index in [1.807, 2.05) is 78.9 Å². The number of para-hydroxylation sites is 2. The molecule has 1 atom stereocenters. The number of benzene rings is 3. The van der Waals surface area contributed by atoms with Crippen LogP contribution in [-0.2, 0) is 16.2 Å². The Morgan fingerprint density at radius 3 is 2.37 bits per heavy atom. The molecular formula is C30H30N2O3. The molecule has 3 aromatic rings. The Bertz CT molecular complexity index is 1290. The number of hydrogen-bond donors (Lipinski definition) is 1. The summed E-state index contributed by atoms with van der Waals surface area (Å²) in [6.07, 6.45) is 1.19. The lowest BCUT2D eigenvalue weighted by Gasteiger charge is -2.36. The lowest BCUT2D eigenvalue weighted by atomic mass is 9.73. The monoisotopic (exact) mass is 466 g/mol. The van der Waals surface area contributed by atoms with Gasteiger partial charge in [-0.05, 0) is 47.2 Å². The summed E-state index contributed by atoms with van der Waals surface area (Å²) < 4.78 is 5.97. The molecule has 5 nitrogen and oxygen atoms in total. The van der Waals surface area contributed by atoms with Gasteiger partial charge in [-0.25, -0.2) is 0 Å². The van der Waals surface area contributed by atoms with Gasteiger partial charge in [0, 0.05) is 24.6 Å². The maximum Gasteiger partial charge on any atom is 0.224 e. The van der Waals surface area contributed by atoms with E-state index in [1.54, 1.807) is 11.8 Å². The first-order valence-electron chi connectivity index (χ1n) is 12.0. The zero-order valence-corrected chi connectivity index (χ0v) is 20.4. The standard InChI is InChI=1S/C30H30N2O3/c1-20(33)32-26-12-8-7-11-24(26)31-25-17-30(2,3)18-27(34)28(25)29(32)22-13-15-23(16-14-22)35-19-21-9-5-4-6-10-21/h4-16,29,31H,17-19H2,1-3H3/t29-/m0/s1. The predicted octanol–water partition coefficient (Wildman–Crippen LogP) is 6.43. The van der Waals surface area contributed by atoms with Gasteiger partial charge in [0.05, 0.1) is 17.4 Å². The Balaban J connectivity index is 1.56. The van der Waals surface area contributed by atoms with Gasteiger partial charge < -0.3 is 10.1 Å². The normalized spacial score (nSPS) is 18.8. The molecule has 5 heteroatoms. The fourth-order valence-electron chi connectivity index (χ4n) is 5.14. The van der Waals surface area contributed by atoms with Crippen molar-refractivity contribution in [2.24, 2.45) is 5.41 Å². The van der Waals surface area contributed by atoms with Crippen molar-refractivity contribution in [1.29, 1.82) is 0 Å². The summed E-state index contributed by atoms with van der Waals surface area (Å²) in [5, 5.41) is 3.52. The molecule has 0 saturated heterocycles. The molecule has 1 N–H and O–H groups in total. The van der Waals surface area contributed by atoms with Crippen LogP contribution in [0.15, 0.2) is 90.1 Å². The zero-order valence-electron chi connectivity index (χ0n) is 20.4. The summed E-state index contributed by atoms with van der Waals surface area (Å²) in [6.45, 7) is 6.26. The van der Waals surface area contributed by atoms with Crippen LogP contribution in [0, 0.1) is 5.41 Å². The number of anilines is 2. The molecule has 3 aromatic carbocycles. The van der Waals surface area contributed by atoms with E-state index in [0.29, 0.717) is 18.6 Å². The third-order valence-electron chi connectivity index (χ3n) is 6.68. The summed E-state index contributed by atoms with van der Waals surface area (Å²) in [7, 11) is 0. The lowest BCUT2D eigenvalue weighted by molar-refractivity contribution is -0.118. The number of ether oxygens (including phenoxy) is 1. The first-order valence-corrected chi connectivity index (χ1v) is 12.0. The van der Waals surface area contributed by atoms with Crippen molar-refractivity contribution in [2.75, 3.05) is 10.2 Å². The van der Waals surface area contributed by atoms with Gasteiger partial charge >= 0.3 is 0 Å². The number of carbonyl (C=O) groups excluding carboxylic acids is 2. The van der Waals surface area contributed by atoms with Crippen molar-refractivity contribution < 1.29 is 14.3 Å². The minimum atomic E-state index is -0.509. The number of nitrogens with one attached hydrogen (secondary N) is 1. The SMILES string of the molecule is CC(=O)N1c2ccccc2NC2=C(C(=O)CC(C)(C)C2)[C@@H]1c1ccc(OCc2ccccc2)cc1. The summed E-state index contributed by atoms with van der Waals surface area (Å²) in [4.78, 5) is 28.4. The Kier molecular flexibility index (Phi) is 5.93. The smallest absolute Gasteiger partial charge is 0.224 e. The highest BCUT2D eigenvalue weighted by Gasteiger charge is 2.42. The second-order valence-corrected chi connectivity index (χ2v) is 10.1. The number of ketones is 1. The van der Waals surface area contributed by atoms with Crippen molar-refractivity contribution in [3.05, 3.63) is 101 Å². The molecule has 0 radical (unpaired) electrons. The van der Waals surface area contributed by atoms with Crippen LogP contribution in [0.4, 0.5) is 11.4 Å². The van der Waals surface area contributed by atoms with Crippen LogP contribution in [0.3, 0.4) is 0 Å². The molecule has 2 aliphatic rings. The van der Waals surface area contributed by atoms with E-state index < -0.39 is 6.04 Å². The Labute approximate surface area is 206 Å². The average molecular weight is 467 g/mol. The number of rotatable bonds is 4. The number of hydrogen-bond acceptors (Lipinski definition) is 4. The lowest BCUT2D eigenvalue weighted by Crippen LogP contribution is -2.38. The topological polar surface area (TPSA) is 58.6 Å². The Morgan fingerprint density at radius 2 is 1.66 bits per heavy atom. The summed E-state index contributed by atoms with van der Waals surface area (Å²) >= 11 is 0. The van der Waals surface area contributed by atoms with Crippen molar-refractivity contribution in [2.45, 2.75) is 46.3 Å². The van der Waals surface area contributed by atoms with Crippen molar-refractivity contribution in [3.63, 3.8) is 0 Å². The van der Waals surface area contributed by atoms with Gasteiger partial charge in [0.2, 0.25) is 5.91 Å². The number of allylic oxidation sites excluding steroid dienone is 1. The minimum Gasteiger partial charge on any atom is -0.489 e. The minimum absolute atomic E-state index is 0.0808. The number of fused-ring (bicyclic) bond motifs is 1. The third kappa shape index (κ3) is 4.59. The highest BCUT2D eigenvalue weighted by atomic mass is 16.5. The van der Waals surface area contributed by atoms with Gasteiger partial charge in [-0.3, -0.25) is 14.5 Å². The molecule has 0 spiro atoms. The van der Waals surface area contributed by atoms with E-state index in [-0.39, 0.29) is 17.1 Å². The molecular weight excluding hydrogens is 436 g/mol. The average Bonchev–Trinajstić information content (AvgIpc) is 2.97. The van der Waals surface area contributed by atoms with Crippen LogP contribution in [-0.4, -0.2) is 11.7 Å². The molecule has 1 aliphatic carbocycles. The summed E-state index contributed by atoms with van der Waals surface area (Å²) in [5.41, 5.74) is 5.01. The van der Waals surface area contributed by atoms with Crippen LogP contribution in [0.5, 0.6) is 5.75 Å². The molecule has 0 unspecified atom stereocenters. The maximum atomic E-state index is 13.6. The second-order valence-electron chi connectivity index (χ2n) is 10.1. The Morgan fingerprint density at radius 1 is 0.971 bits per heavy atom. The van der Waals surface area contributed by atoms with E-state index in [9.17, 15) is 9.59 Å². The Hall–Kier alpha value is -3.86. The van der Waals surface area contributed by atoms with Gasteiger partial charge in [0.25, 0.3) is 0 Å². The van der Waals surface area contributed by atoms with Gasteiger partial charge in [0.15, 0.2) is 5.78 Å². The van der Waals surface area contributed by atoms with Gasteiger partial charge in [-0.2, -0.15) is 0 Å². The van der Waals surface area contributed by atoms with Crippen molar-refractivity contribution >= 4 is 23.1 Å². The molecule has 1 heterocycles. The number of Topliss-reactive ketones (excluding diaryl/α,β-unsaturated/α-hetero) is 1. The molecule has 0 bridgehead atoms. The highest BCUT2D eigenvalue weighted by Crippen LogP contribution is 2.48. The van der Waals surface area contributed by atoms with E-state index in [4.69, 9.17) is 4.74 Å². The molecule has 178 valence electrons. The summed E-state index contributed by atoms with van der Waals surface area (Å²) in [6, 6.07) is 25.0. The fraction of sp³-hybridized carbons (Fsp3) is 0.267. The summed E-state index contributed by atoms with van der Waals surface area (Å²) in [5.74, 6) is 0.710. The van der Waals surface area contributed by atoms with Crippen LogP contribution in [0.2, 0.25) is 0 Å².